The van der Waals surface area contributed by atoms with Crippen LogP contribution >= 0.6 is 0 Å². The fourth-order valence-corrected chi connectivity index (χ4v) is 6.39. The van der Waals surface area contributed by atoms with E-state index in [9.17, 15) is 20.1 Å². The van der Waals surface area contributed by atoms with Crippen LogP contribution in [0.1, 0.15) is 219 Å². The van der Waals surface area contributed by atoms with E-state index < -0.39 is 18.2 Å². The van der Waals surface area contributed by atoms with Gasteiger partial charge in [0.2, 0.25) is 5.91 Å². The number of hydrogen-bond donors (Lipinski definition) is 4. The van der Waals surface area contributed by atoms with Crippen LogP contribution in [0.15, 0.2) is 12.2 Å². The van der Waals surface area contributed by atoms with Gasteiger partial charge in [-0.2, -0.15) is 0 Å². The fourth-order valence-electron chi connectivity index (χ4n) is 6.39. The van der Waals surface area contributed by atoms with Crippen LogP contribution in [0.4, 0.5) is 0 Å². The highest BCUT2D eigenvalue weighted by molar-refractivity contribution is 5.76. The van der Waals surface area contributed by atoms with Crippen LogP contribution in [-0.2, 0) is 4.79 Å². The van der Waals surface area contributed by atoms with Crippen molar-refractivity contribution in [3.8, 4) is 0 Å². The molecule has 0 aliphatic rings. The number of aliphatic hydroxyl groups is 3. The Morgan fingerprint density at radius 2 is 0.870 bits per heavy atom. The predicted octanol–water partition coefficient (Wildman–Crippen LogP) is 11.3. The number of allylic oxidation sites excluding steroid dienone is 2. The van der Waals surface area contributed by atoms with Crippen LogP contribution in [0.2, 0.25) is 0 Å². The van der Waals surface area contributed by atoms with E-state index in [1.807, 2.05) is 0 Å². The number of aliphatic hydroxyl groups excluding tert-OH is 3. The summed E-state index contributed by atoms with van der Waals surface area (Å²) in [5.41, 5.74) is 0. The highest BCUT2D eigenvalue weighted by atomic mass is 16.3. The van der Waals surface area contributed by atoms with E-state index >= 15 is 0 Å². The third kappa shape index (κ3) is 31.7. The van der Waals surface area contributed by atoms with Crippen LogP contribution < -0.4 is 5.32 Å². The second kappa shape index (κ2) is 36.9. The lowest BCUT2D eigenvalue weighted by atomic mass is 9.99. The molecular formula is C41H81NO4. The molecule has 0 spiro atoms. The predicted molar refractivity (Wildman–Crippen MR) is 199 cm³/mol. The summed E-state index contributed by atoms with van der Waals surface area (Å²) in [6.07, 6.45) is 41.7. The first-order valence-corrected chi connectivity index (χ1v) is 20.5. The monoisotopic (exact) mass is 652 g/mol. The smallest absolute Gasteiger partial charge is 0.220 e. The highest BCUT2D eigenvalue weighted by Gasteiger charge is 2.26. The van der Waals surface area contributed by atoms with Crippen molar-refractivity contribution < 1.29 is 20.1 Å². The van der Waals surface area contributed by atoms with Crippen molar-refractivity contribution in [1.82, 2.24) is 5.32 Å². The summed E-state index contributed by atoms with van der Waals surface area (Å²) in [4.78, 5) is 12.4. The van der Waals surface area contributed by atoms with Gasteiger partial charge in [-0.3, -0.25) is 4.79 Å². The molecule has 4 N–H and O–H groups in total. The van der Waals surface area contributed by atoms with Crippen molar-refractivity contribution in [3.63, 3.8) is 0 Å². The first-order valence-electron chi connectivity index (χ1n) is 20.5. The third-order valence-electron chi connectivity index (χ3n) is 9.62. The lowest BCUT2D eigenvalue weighted by Gasteiger charge is -2.26. The first-order chi connectivity index (χ1) is 22.6. The molecule has 0 fully saturated rings. The van der Waals surface area contributed by atoms with Gasteiger partial charge in [0, 0.05) is 6.42 Å². The van der Waals surface area contributed by atoms with Gasteiger partial charge in [-0.15, -0.1) is 0 Å². The minimum absolute atomic E-state index is 0.148. The second-order valence-electron chi connectivity index (χ2n) is 14.2. The maximum atomic E-state index is 12.4. The molecule has 0 saturated carbocycles. The molecule has 0 rings (SSSR count). The van der Waals surface area contributed by atoms with Crippen molar-refractivity contribution in [1.29, 1.82) is 0 Å². The molecule has 0 aromatic carbocycles. The molecule has 0 aromatic heterocycles. The van der Waals surface area contributed by atoms with Gasteiger partial charge >= 0.3 is 0 Å². The van der Waals surface area contributed by atoms with Crippen molar-refractivity contribution in [2.75, 3.05) is 6.61 Å². The molecule has 3 atom stereocenters. The summed E-state index contributed by atoms with van der Waals surface area (Å²) in [7, 11) is 0. The zero-order valence-corrected chi connectivity index (χ0v) is 31.0. The summed E-state index contributed by atoms with van der Waals surface area (Å²) < 4.78 is 0. The van der Waals surface area contributed by atoms with Crippen LogP contribution in [0.5, 0.6) is 0 Å². The van der Waals surface area contributed by atoms with E-state index in [1.54, 1.807) is 0 Å². The van der Waals surface area contributed by atoms with Crippen LogP contribution in [0.25, 0.3) is 0 Å². The zero-order valence-electron chi connectivity index (χ0n) is 31.0. The molecule has 5 nitrogen and oxygen atoms in total. The van der Waals surface area contributed by atoms with E-state index in [-0.39, 0.29) is 12.5 Å². The van der Waals surface area contributed by atoms with Gasteiger partial charge in [0.05, 0.1) is 18.8 Å². The van der Waals surface area contributed by atoms with E-state index in [0.29, 0.717) is 12.8 Å². The van der Waals surface area contributed by atoms with Gasteiger partial charge in [0.15, 0.2) is 0 Å². The zero-order chi connectivity index (χ0) is 33.8. The van der Waals surface area contributed by atoms with E-state index in [0.717, 1.165) is 38.5 Å². The van der Waals surface area contributed by atoms with Crippen molar-refractivity contribution >= 4 is 5.91 Å². The molecule has 0 aliphatic heterocycles. The highest BCUT2D eigenvalue weighted by Crippen LogP contribution is 2.16. The van der Waals surface area contributed by atoms with E-state index in [1.165, 1.54) is 154 Å². The molecule has 1 amide bonds. The summed E-state index contributed by atoms with van der Waals surface area (Å²) in [6.45, 7) is 4.17. The quantitative estimate of drug-likeness (QED) is 0.0397. The molecule has 0 bridgehead atoms. The number of rotatable bonds is 37. The summed E-state index contributed by atoms with van der Waals surface area (Å²) in [6, 6.07) is -0.806. The summed E-state index contributed by atoms with van der Waals surface area (Å²) >= 11 is 0. The second-order valence-corrected chi connectivity index (χ2v) is 14.2. The SMILES string of the molecule is CCCCCCCCCCC/C=C\CCCCCCCCCC(=O)NC(CO)C(O)C(O)CCCCCCCCCCCCCC. The Kier molecular flexibility index (Phi) is 36.2. The maximum Gasteiger partial charge on any atom is 0.220 e. The van der Waals surface area contributed by atoms with Crippen LogP contribution in [0, 0.1) is 0 Å². The molecule has 5 heteroatoms. The average molecular weight is 652 g/mol. The van der Waals surface area contributed by atoms with Crippen molar-refractivity contribution in [3.05, 3.63) is 12.2 Å². The van der Waals surface area contributed by atoms with Gasteiger partial charge in [-0.05, 0) is 38.5 Å². The number of carbonyl (C=O) groups excluding carboxylic acids is 1. The normalized spacial score (nSPS) is 13.8. The van der Waals surface area contributed by atoms with Crippen molar-refractivity contribution in [2.24, 2.45) is 0 Å². The Balaban J connectivity index is 3.63. The van der Waals surface area contributed by atoms with Gasteiger partial charge in [0.25, 0.3) is 0 Å². The third-order valence-corrected chi connectivity index (χ3v) is 9.62. The number of unbranched alkanes of at least 4 members (excludes halogenated alkanes) is 27. The maximum absolute atomic E-state index is 12.4. The van der Waals surface area contributed by atoms with E-state index in [4.69, 9.17) is 0 Å². The molecular weight excluding hydrogens is 570 g/mol. The van der Waals surface area contributed by atoms with Gasteiger partial charge in [-0.1, -0.05) is 187 Å². The average Bonchev–Trinajstić information content (AvgIpc) is 3.06. The topological polar surface area (TPSA) is 89.8 Å². The molecule has 46 heavy (non-hydrogen) atoms. The summed E-state index contributed by atoms with van der Waals surface area (Å²) in [5.74, 6) is -0.148. The lowest BCUT2D eigenvalue weighted by Crippen LogP contribution is -2.50. The molecule has 0 heterocycles. The molecule has 0 aliphatic carbocycles. The van der Waals surface area contributed by atoms with E-state index in [2.05, 4.69) is 31.3 Å². The lowest BCUT2D eigenvalue weighted by molar-refractivity contribution is -0.124. The number of hydrogen-bond acceptors (Lipinski definition) is 4. The fraction of sp³-hybridized carbons (Fsp3) is 0.927. The molecule has 0 saturated heterocycles. The Labute approximate surface area is 287 Å². The van der Waals surface area contributed by atoms with Gasteiger partial charge < -0.3 is 20.6 Å². The van der Waals surface area contributed by atoms with Crippen LogP contribution in [-0.4, -0.2) is 46.1 Å². The molecule has 0 aromatic rings. The summed E-state index contributed by atoms with van der Waals surface area (Å²) in [5, 5.41) is 33.4. The van der Waals surface area contributed by atoms with Gasteiger partial charge in [0.1, 0.15) is 6.10 Å². The Morgan fingerprint density at radius 3 is 1.26 bits per heavy atom. The standard InChI is InChI=1S/C41H81NO4/c1-3-5-7-9-11-13-15-17-18-19-20-21-22-23-24-26-28-30-32-34-36-40(45)42-38(37-43)41(46)39(44)35-33-31-29-27-25-16-14-12-10-8-6-4-2/h20-21,38-39,41,43-44,46H,3-19,22-37H2,1-2H3,(H,42,45)/b21-20-. The number of amides is 1. The first kappa shape index (κ1) is 45.1. The van der Waals surface area contributed by atoms with Gasteiger partial charge in [-0.25, -0.2) is 0 Å². The number of nitrogens with one attached hydrogen (secondary N) is 1. The largest absolute Gasteiger partial charge is 0.394 e. The Hall–Kier alpha value is -0.910. The van der Waals surface area contributed by atoms with Crippen LogP contribution in [0.3, 0.4) is 0 Å². The number of carbonyl (C=O) groups is 1. The minimum atomic E-state index is -1.13. The molecule has 0 radical (unpaired) electrons. The Bertz CT molecular complexity index is 640. The minimum Gasteiger partial charge on any atom is -0.394 e. The van der Waals surface area contributed by atoms with Crippen molar-refractivity contribution in [2.45, 2.75) is 238 Å². The molecule has 3 unspecified atom stereocenters. The Morgan fingerprint density at radius 1 is 0.522 bits per heavy atom. The molecule has 274 valence electrons.